The minimum Gasteiger partial charge on any atom is -0.382 e. The number of nitrogens with one attached hydrogen (secondary N) is 2. The van der Waals surface area contributed by atoms with Crippen molar-refractivity contribution in [1.82, 2.24) is 15.5 Å². The van der Waals surface area contributed by atoms with Gasteiger partial charge >= 0.3 is 0 Å². The second-order valence-electron chi connectivity index (χ2n) is 6.45. The Labute approximate surface area is 160 Å². The standard InChI is InChI=1S/C20H40N4O2/c1-7-12-24(13-8-2)19(18(4)5)17-23-20(21-9-3)22-11-10-14-26-16-15-25-6/h7-8,18-19H,1-2,9-17H2,3-6H3,(H2,21,22,23). The fourth-order valence-electron chi connectivity index (χ4n) is 2.58. The van der Waals surface area contributed by atoms with Gasteiger partial charge in [-0.15, -0.1) is 13.2 Å². The normalized spacial score (nSPS) is 13.1. The third kappa shape index (κ3) is 12.1. The molecule has 0 rings (SSSR count). The van der Waals surface area contributed by atoms with Gasteiger partial charge < -0.3 is 20.1 Å². The fraction of sp³-hybridized carbons (Fsp3) is 0.750. The molecule has 0 aromatic carbocycles. The van der Waals surface area contributed by atoms with Crippen molar-refractivity contribution in [3.8, 4) is 0 Å². The first-order valence-corrected chi connectivity index (χ1v) is 9.65. The van der Waals surface area contributed by atoms with Crippen molar-refractivity contribution in [2.45, 2.75) is 33.2 Å². The Kier molecular flexibility index (Phi) is 16.2. The number of hydrogen-bond acceptors (Lipinski definition) is 4. The number of hydrogen-bond donors (Lipinski definition) is 2. The quantitative estimate of drug-likeness (QED) is 0.189. The molecule has 1 atom stereocenters. The van der Waals surface area contributed by atoms with E-state index in [4.69, 9.17) is 14.5 Å². The molecule has 6 nitrogen and oxygen atoms in total. The van der Waals surface area contributed by atoms with Crippen molar-refractivity contribution in [3.05, 3.63) is 25.3 Å². The zero-order valence-electron chi connectivity index (χ0n) is 17.3. The van der Waals surface area contributed by atoms with Crippen LogP contribution in [0.5, 0.6) is 0 Å². The first-order chi connectivity index (χ1) is 12.6. The highest BCUT2D eigenvalue weighted by Gasteiger charge is 2.20. The molecule has 0 radical (unpaired) electrons. The molecule has 0 saturated carbocycles. The average Bonchev–Trinajstić information content (AvgIpc) is 2.61. The van der Waals surface area contributed by atoms with Gasteiger partial charge in [-0.05, 0) is 19.3 Å². The summed E-state index contributed by atoms with van der Waals surface area (Å²) >= 11 is 0. The summed E-state index contributed by atoms with van der Waals surface area (Å²) in [5.74, 6) is 1.35. The summed E-state index contributed by atoms with van der Waals surface area (Å²) in [5.41, 5.74) is 0. The van der Waals surface area contributed by atoms with Gasteiger partial charge in [0.25, 0.3) is 0 Å². The van der Waals surface area contributed by atoms with E-state index in [-0.39, 0.29) is 0 Å². The molecule has 152 valence electrons. The van der Waals surface area contributed by atoms with E-state index in [9.17, 15) is 0 Å². The predicted molar refractivity (Wildman–Crippen MR) is 112 cm³/mol. The highest BCUT2D eigenvalue weighted by molar-refractivity contribution is 5.79. The maximum atomic E-state index is 5.48. The maximum absolute atomic E-state index is 5.48. The molecule has 0 amide bonds. The van der Waals surface area contributed by atoms with Crippen molar-refractivity contribution >= 4 is 5.96 Å². The van der Waals surface area contributed by atoms with Crippen LogP contribution < -0.4 is 10.6 Å². The Morgan fingerprint density at radius 2 is 1.81 bits per heavy atom. The molecule has 0 aliphatic rings. The van der Waals surface area contributed by atoms with Crippen LogP contribution in [-0.4, -0.2) is 76.6 Å². The molecule has 0 aromatic heterocycles. The predicted octanol–water partition coefficient (Wildman–Crippen LogP) is 2.29. The lowest BCUT2D eigenvalue weighted by molar-refractivity contribution is 0.0698. The summed E-state index contributed by atoms with van der Waals surface area (Å²) in [6, 6.07) is 0.346. The molecular formula is C20H40N4O2. The molecule has 0 heterocycles. The van der Waals surface area contributed by atoms with E-state index < -0.39 is 0 Å². The van der Waals surface area contributed by atoms with Gasteiger partial charge in [0.2, 0.25) is 0 Å². The molecule has 1 unspecified atom stereocenters. The Bertz CT molecular complexity index is 376. The van der Waals surface area contributed by atoms with Crippen LogP contribution in [0.1, 0.15) is 27.2 Å². The number of ether oxygens (including phenoxy) is 2. The zero-order chi connectivity index (χ0) is 19.6. The van der Waals surface area contributed by atoms with Gasteiger partial charge in [-0.25, -0.2) is 0 Å². The second kappa shape index (κ2) is 17.1. The minimum atomic E-state index is 0.346. The molecule has 0 aliphatic heterocycles. The molecule has 0 spiro atoms. The van der Waals surface area contributed by atoms with E-state index in [1.807, 2.05) is 12.2 Å². The molecule has 26 heavy (non-hydrogen) atoms. The first-order valence-electron chi connectivity index (χ1n) is 9.65. The Hall–Kier alpha value is -1.37. The molecule has 0 aromatic rings. The van der Waals surface area contributed by atoms with Crippen LogP contribution in [0.25, 0.3) is 0 Å². The molecule has 6 heteroatoms. The van der Waals surface area contributed by atoms with Crippen molar-refractivity contribution in [2.24, 2.45) is 10.9 Å². The van der Waals surface area contributed by atoms with Crippen molar-refractivity contribution < 1.29 is 9.47 Å². The third-order valence-electron chi connectivity index (χ3n) is 3.94. The lowest BCUT2D eigenvalue weighted by atomic mass is 10.0. The topological polar surface area (TPSA) is 58.1 Å². The largest absolute Gasteiger partial charge is 0.382 e. The van der Waals surface area contributed by atoms with Gasteiger partial charge in [0.15, 0.2) is 5.96 Å². The smallest absolute Gasteiger partial charge is 0.191 e. The van der Waals surface area contributed by atoms with Gasteiger partial charge in [0, 0.05) is 45.9 Å². The SMILES string of the molecule is C=CCN(CC=C)C(CN=C(NCC)NCCCOCCOC)C(C)C. The van der Waals surface area contributed by atoms with Crippen LogP contribution in [0, 0.1) is 5.92 Å². The van der Waals surface area contributed by atoms with Crippen molar-refractivity contribution in [1.29, 1.82) is 0 Å². The fourth-order valence-corrected chi connectivity index (χ4v) is 2.58. The van der Waals surface area contributed by atoms with E-state index >= 15 is 0 Å². The van der Waals surface area contributed by atoms with Crippen molar-refractivity contribution in [3.63, 3.8) is 0 Å². The molecule has 0 fully saturated rings. The highest BCUT2D eigenvalue weighted by Crippen LogP contribution is 2.11. The Balaban J connectivity index is 4.55. The molecular weight excluding hydrogens is 328 g/mol. The number of methoxy groups -OCH3 is 1. The number of guanidine groups is 1. The molecule has 0 saturated heterocycles. The summed E-state index contributed by atoms with van der Waals surface area (Å²) in [6.07, 6.45) is 4.81. The highest BCUT2D eigenvalue weighted by atomic mass is 16.5. The summed E-state index contributed by atoms with van der Waals surface area (Å²) in [7, 11) is 1.68. The number of rotatable bonds is 16. The summed E-state index contributed by atoms with van der Waals surface area (Å²) < 4.78 is 10.4. The zero-order valence-corrected chi connectivity index (χ0v) is 17.3. The van der Waals surface area contributed by atoms with Crippen LogP contribution >= 0.6 is 0 Å². The van der Waals surface area contributed by atoms with E-state index in [1.54, 1.807) is 7.11 Å². The van der Waals surface area contributed by atoms with Gasteiger partial charge in [-0.2, -0.15) is 0 Å². The Morgan fingerprint density at radius 1 is 1.12 bits per heavy atom. The summed E-state index contributed by atoms with van der Waals surface area (Å²) in [5, 5.41) is 6.69. The van der Waals surface area contributed by atoms with E-state index in [0.29, 0.717) is 25.2 Å². The lowest BCUT2D eigenvalue weighted by Gasteiger charge is -2.32. The Morgan fingerprint density at radius 3 is 2.35 bits per heavy atom. The third-order valence-corrected chi connectivity index (χ3v) is 3.94. The first kappa shape index (κ1) is 24.6. The van der Waals surface area contributed by atoms with Gasteiger partial charge in [0.1, 0.15) is 0 Å². The van der Waals surface area contributed by atoms with Crippen LogP contribution in [0.3, 0.4) is 0 Å². The van der Waals surface area contributed by atoms with Crippen molar-refractivity contribution in [2.75, 3.05) is 59.7 Å². The van der Waals surface area contributed by atoms with E-state index in [1.165, 1.54) is 0 Å². The van der Waals surface area contributed by atoms with Gasteiger partial charge in [0.05, 0.1) is 19.8 Å². The molecule has 2 N–H and O–H groups in total. The van der Waals surface area contributed by atoms with Gasteiger partial charge in [-0.1, -0.05) is 26.0 Å². The lowest BCUT2D eigenvalue weighted by Crippen LogP contribution is -2.43. The van der Waals surface area contributed by atoms with Crippen LogP contribution in [0.15, 0.2) is 30.3 Å². The van der Waals surface area contributed by atoms with E-state index in [0.717, 1.165) is 51.7 Å². The van der Waals surface area contributed by atoms with Crippen LogP contribution in [0.2, 0.25) is 0 Å². The average molecular weight is 369 g/mol. The van der Waals surface area contributed by atoms with Crippen LogP contribution in [-0.2, 0) is 9.47 Å². The molecule has 0 aliphatic carbocycles. The number of nitrogens with zero attached hydrogens (tertiary/aromatic N) is 2. The monoisotopic (exact) mass is 368 g/mol. The number of aliphatic imine (C=N–C) groups is 1. The minimum absolute atomic E-state index is 0.346. The van der Waals surface area contributed by atoms with Crippen LogP contribution in [0.4, 0.5) is 0 Å². The van der Waals surface area contributed by atoms with E-state index in [2.05, 4.69) is 49.5 Å². The second-order valence-corrected chi connectivity index (χ2v) is 6.45. The summed E-state index contributed by atoms with van der Waals surface area (Å²) in [6.45, 7) is 20.4. The van der Waals surface area contributed by atoms with Gasteiger partial charge in [-0.3, -0.25) is 9.89 Å². The summed E-state index contributed by atoms with van der Waals surface area (Å²) in [4.78, 5) is 7.15. The molecule has 0 bridgehead atoms. The maximum Gasteiger partial charge on any atom is 0.191 e.